The number of halogens is 3. The van der Waals surface area contributed by atoms with Crippen LogP contribution >= 0.6 is 0 Å². The van der Waals surface area contributed by atoms with Gasteiger partial charge < -0.3 is 9.84 Å². The van der Waals surface area contributed by atoms with Gasteiger partial charge in [-0.05, 0) is 36.8 Å². The Kier molecular flexibility index (Phi) is 6.11. The van der Waals surface area contributed by atoms with Crippen molar-refractivity contribution in [2.24, 2.45) is 0 Å². The number of benzene rings is 2. The van der Waals surface area contributed by atoms with Crippen LogP contribution in [-0.4, -0.2) is 25.9 Å². The lowest BCUT2D eigenvalue weighted by atomic mass is 10.0. The maximum absolute atomic E-state index is 12.5. The third-order valence-electron chi connectivity index (χ3n) is 3.52. The van der Waals surface area contributed by atoms with Crippen molar-refractivity contribution in [1.82, 2.24) is 4.72 Å². The maximum atomic E-state index is 12.5. The monoisotopic (exact) mass is 403 g/mol. The Morgan fingerprint density at radius 2 is 1.67 bits per heavy atom. The summed E-state index contributed by atoms with van der Waals surface area (Å²) >= 11 is 0. The summed E-state index contributed by atoms with van der Waals surface area (Å²) in [5.74, 6) is -1.78. The molecule has 10 heteroatoms. The van der Waals surface area contributed by atoms with Crippen LogP contribution in [0.5, 0.6) is 5.75 Å². The van der Waals surface area contributed by atoms with Gasteiger partial charge in [0.1, 0.15) is 5.75 Å². The molecule has 0 amide bonds. The maximum Gasteiger partial charge on any atom is 0.573 e. The molecule has 0 saturated heterocycles. The number of nitrogens with one attached hydrogen (secondary N) is 1. The Morgan fingerprint density at radius 1 is 1.11 bits per heavy atom. The minimum absolute atomic E-state index is 0.320. The van der Waals surface area contributed by atoms with Crippen LogP contribution in [0.2, 0.25) is 0 Å². The molecule has 0 radical (unpaired) electrons. The third-order valence-corrected chi connectivity index (χ3v) is 5.01. The molecule has 27 heavy (non-hydrogen) atoms. The first-order valence-corrected chi connectivity index (χ1v) is 9.11. The fourth-order valence-corrected chi connectivity index (χ4v) is 3.50. The van der Waals surface area contributed by atoms with Crippen LogP contribution in [-0.2, 0) is 14.8 Å². The number of hydrogen-bond donors (Lipinski definition) is 2. The van der Waals surface area contributed by atoms with Crippen molar-refractivity contribution < 1.29 is 36.2 Å². The number of aliphatic carboxylic acids is 1. The summed E-state index contributed by atoms with van der Waals surface area (Å²) in [6.07, 6.45) is -5.39. The summed E-state index contributed by atoms with van der Waals surface area (Å²) < 4.78 is 67.5. The predicted octanol–water partition coefficient (Wildman–Crippen LogP) is 3.39. The molecule has 0 aliphatic heterocycles. The van der Waals surface area contributed by atoms with Gasteiger partial charge in [0.25, 0.3) is 0 Å². The molecular weight excluding hydrogens is 387 g/mol. The molecule has 2 aromatic rings. The highest BCUT2D eigenvalue weighted by atomic mass is 32.2. The minimum atomic E-state index is -4.89. The fraction of sp³-hybridized carbons (Fsp3) is 0.235. The molecule has 0 fully saturated rings. The normalized spacial score (nSPS) is 13.2. The van der Waals surface area contributed by atoms with Crippen LogP contribution in [0.1, 0.15) is 23.6 Å². The molecule has 146 valence electrons. The van der Waals surface area contributed by atoms with Crippen molar-refractivity contribution in [2.75, 3.05) is 0 Å². The van der Waals surface area contributed by atoms with Gasteiger partial charge in [0, 0.05) is 0 Å². The van der Waals surface area contributed by atoms with E-state index in [1.54, 1.807) is 24.3 Å². The summed E-state index contributed by atoms with van der Waals surface area (Å²) in [6, 6.07) is 9.19. The molecule has 0 spiro atoms. The number of aryl methyl sites for hydroxylation is 1. The SMILES string of the molecule is Cc1ccc([C@H](CC(=O)O)NS(=O)(=O)c2ccc(OC(F)(F)F)cc2)cc1. The minimum Gasteiger partial charge on any atom is -0.481 e. The third kappa shape index (κ3) is 6.26. The van der Waals surface area contributed by atoms with Crippen LogP contribution in [0.4, 0.5) is 13.2 Å². The Bertz CT molecular complexity index is 894. The summed E-state index contributed by atoms with van der Waals surface area (Å²) in [5, 5.41) is 9.05. The van der Waals surface area contributed by atoms with Gasteiger partial charge in [0.15, 0.2) is 0 Å². The largest absolute Gasteiger partial charge is 0.573 e. The van der Waals surface area contributed by atoms with Crippen LogP contribution in [0.25, 0.3) is 0 Å². The molecule has 1 atom stereocenters. The van der Waals surface area contributed by atoms with E-state index in [0.717, 1.165) is 29.8 Å². The topological polar surface area (TPSA) is 92.7 Å². The fourth-order valence-electron chi connectivity index (χ4n) is 2.28. The van der Waals surface area contributed by atoms with Crippen molar-refractivity contribution in [3.63, 3.8) is 0 Å². The highest BCUT2D eigenvalue weighted by Crippen LogP contribution is 2.25. The van der Waals surface area contributed by atoms with Crippen LogP contribution < -0.4 is 9.46 Å². The number of ether oxygens (including phenoxy) is 1. The number of carboxylic acid groups (broad SMARTS) is 1. The van der Waals surface area contributed by atoms with Gasteiger partial charge in [-0.2, -0.15) is 0 Å². The van der Waals surface area contributed by atoms with Gasteiger partial charge in [0.05, 0.1) is 17.4 Å². The zero-order chi connectivity index (χ0) is 20.2. The number of rotatable bonds is 7. The lowest BCUT2D eigenvalue weighted by Gasteiger charge is -2.18. The van der Waals surface area contributed by atoms with E-state index in [9.17, 15) is 26.4 Å². The Hall–Kier alpha value is -2.59. The second-order valence-corrected chi connectivity index (χ2v) is 7.42. The molecule has 2 rings (SSSR count). The van der Waals surface area contributed by atoms with Crippen LogP contribution in [0.3, 0.4) is 0 Å². The van der Waals surface area contributed by atoms with Gasteiger partial charge in [-0.3, -0.25) is 4.79 Å². The quantitative estimate of drug-likeness (QED) is 0.739. The first kappa shape index (κ1) is 20.7. The van der Waals surface area contributed by atoms with E-state index in [0.29, 0.717) is 5.56 Å². The molecule has 0 saturated carbocycles. The van der Waals surface area contributed by atoms with Crippen LogP contribution in [0, 0.1) is 6.92 Å². The molecule has 0 aliphatic rings. The van der Waals surface area contributed by atoms with E-state index in [1.807, 2.05) is 6.92 Å². The van der Waals surface area contributed by atoms with Crippen molar-refractivity contribution in [3.8, 4) is 5.75 Å². The number of carbonyl (C=O) groups is 1. The molecule has 0 heterocycles. The highest BCUT2D eigenvalue weighted by Gasteiger charge is 2.31. The van der Waals surface area contributed by atoms with E-state index in [4.69, 9.17) is 5.11 Å². The van der Waals surface area contributed by atoms with Crippen molar-refractivity contribution in [3.05, 3.63) is 59.7 Å². The Labute approximate surface area is 153 Å². The Balaban J connectivity index is 2.25. The highest BCUT2D eigenvalue weighted by molar-refractivity contribution is 7.89. The van der Waals surface area contributed by atoms with Crippen LogP contribution in [0.15, 0.2) is 53.4 Å². The zero-order valence-electron chi connectivity index (χ0n) is 14.0. The Morgan fingerprint density at radius 3 is 2.15 bits per heavy atom. The first-order chi connectivity index (χ1) is 12.5. The second-order valence-electron chi connectivity index (χ2n) is 5.70. The predicted molar refractivity (Wildman–Crippen MR) is 89.6 cm³/mol. The van der Waals surface area contributed by atoms with Crippen molar-refractivity contribution in [2.45, 2.75) is 30.6 Å². The number of alkyl halides is 3. The molecule has 0 unspecified atom stereocenters. The summed E-state index contributed by atoms with van der Waals surface area (Å²) in [5.41, 5.74) is 1.36. The average molecular weight is 403 g/mol. The number of carboxylic acids is 1. The molecule has 0 bridgehead atoms. The molecule has 0 aromatic heterocycles. The van der Waals surface area contributed by atoms with Crippen molar-refractivity contribution in [1.29, 1.82) is 0 Å². The van der Waals surface area contributed by atoms with E-state index in [-0.39, 0.29) is 4.90 Å². The van der Waals surface area contributed by atoms with E-state index in [2.05, 4.69) is 9.46 Å². The van der Waals surface area contributed by atoms with Gasteiger partial charge in [-0.1, -0.05) is 29.8 Å². The summed E-state index contributed by atoms with van der Waals surface area (Å²) in [4.78, 5) is 10.8. The standard InChI is InChI=1S/C17H16F3NO5S/c1-11-2-4-12(5-3-11)15(10-16(22)23)21-27(24,25)14-8-6-13(7-9-14)26-17(18,19)20/h2-9,15,21H,10H2,1H3,(H,22,23)/t15-/m0/s1. The van der Waals surface area contributed by atoms with E-state index in [1.165, 1.54) is 0 Å². The smallest absolute Gasteiger partial charge is 0.481 e. The average Bonchev–Trinajstić information content (AvgIpc) is 2.53. The molecule has 2 N–H and O–H groups in total. The lowest BCUT2D eigenvalue weighted by molar-refractivity contribution is -0.274. The van der Waals surface area contributed by atoms with Gasteiger partial charge in [-0.25, -0.2) is 13.1 Å². The molecule has 0 aliphatic carbocycles. The van der Waals surface area contributed by atoms with E-state index >= 15 is 0 Å². The van der Waals surface area contributed by atoms with Gasteiger partial charge >= 0.3 is 12.3 Å². The lowest BCUT2D eigenvalue weighted by Crippen LogP contribution is -2.30. The molecule has 2 aromatic carbocycles. The summed E-state index contributed by atoms with van der Waals surface area (Å²) in [7, 11) is -4.17. The number of hydrogen-bond acceptors (Lipinski definition) is 4. The van der Waals surface area contributed by atoms with Crippen molar-refractivity contribution >= 4 is 16.0 Å². The molecular formula is C17H16F3NO5S. The van der Waals surface area contributed by atoms with Gasteiger partial charge in [0.2, 0.25) is 10.0 Å². The zero-order valence-corrected chi connectivity index (χ0v) is 14.8. The number of sulfonamides is 1. The van der Waals surface area contributed by atoms with E-state index < -0.39 is 40.6 Å². The molecule has 6 nitrogen and oxygen atoms in total. The van der Waals surface area contributed by atoms with Gasteiger partial charge in [-0.15, -0.1) is 13.2 Å². The second kappa shape index (κ2) is 7.97. The first-order valence-electron chi connectivity index (χ1n) is 7.63. The summed E-state index contributed by atoms with van der Waals surface area (Å²) in [6.45, 7) is 1.82.